The summed E-state index contributed by atoms with van der Waals surface area (Å²) in [6, 6.07) is 8.09. The van der Waals surface area contributed by atoms with Crippen molar-refractivity contribution in [1.29, 1.82) is 0 Å². The predicted molar refractivity (Wildman–Crippen MR) is 129 cm³/mol. The number of nitrogens with one attached hydrogen (secondary N) is 2. The second-order valence-corrected chi connectivity index (χ2v) is 9.65. The monoisotopic (exact) mass is 495 g/mol. The van der Waals surface area contributed by atoms with Crippen molar-refractivity contribution in [3.8, 4) is 0 Å². The Labute approximate surface area is 202 Å². The SMILES string of the molecule is CC(C)(C)OC(=O)N1CCC(CNc2ccc([N+](=O)[O-])c(NCc3c(Cl)cccc3Cl)n2)C1. The number of ether oxygens (including phenoxy) is 1. The molecule has 2 aromatic rings. The predicted octanol–water partition coefficient (Wildman–Crippen LogP) is 5.58. The van der Waals surface area contributed by atoms with E-state index < -0.39 is 10.5 Å². The summed E-state index contributed by atoms with van der Waals surface area (Å²) in [6.07, 6.45) is 0.512. The zero-order valence-corrected chi connectivity index (χ0v) is 20.2. The highest BCUT2D eigenvalue weighted by molar-refractivity contribution is 6.36. The van der Waals surface area contributed by atoms with Crippen LogP contribution < -0.4 is 10.6 Å². The van der Waals surface area contributed by atoms with Gasteiger partial charge in [-0.05, 0) is 51.3 Å². The van der Waals surface area contributed by atoms with Crippen LogP contribution in [0.25, 0.3) is 0 Å². The summed E-state index contributed by atoms with van der Waals surface area (Å²) in [5.41, 5.74) is -0.0579. The number of carbonyl (C=O) groups excluding carboxylic acids is 1. The van der Waals surface area contributed by atoms with Crippen LogP contribution >= 0.6 is 23.2 Å². The average Bonchev–Trinajstić information content (AvgIpc) is 3.20. The van der Waals surface area contributed by atoms with Gasteiger partial charge in [0.25, 0.3) is 0 Å². The summed E-state index contributed by atoms with van der Waals surface area (Å²) in [6.45, 7) is 7.47. The van der Waals surface area contributed by atoms with Gasteiger partial charge in [-0.25, -0.2) is 9.78 Å². The van der Waals surface area contributed by atoms with Crippen LogP contribution in [0, 0.1) is 16.0 Å². The molecule has 33 heavy (non-hydrogen) atoms. The van der Waals surface area contributed by atoms with E-state index >= 15 is 0 Å². The van der Waals surface area contributed by atoms with Crippen LogP contribution in [-0.2, 0) is 11.3 Å². The van der Waals surface area contributed by atoms with Gasteiger partial charge >= 0.3 is 11.8 Å². The van der Waals surface area contributed by atoms with Gasteiger partial charge in [-0.1, -0.05) is 29.3 Å². The molecule has 1 aliphatic rings. The third-order valence-corrected chi connectivity index (χ3v) is 5.78. The van der Waals surface area contributed by atoms with Gasteiger partial charge in [0.1, 0.15) is 11.4 Å². The smallest absolute Gasteiger partial charge is 0.410 e. The topological polar surface area (TPSA) is 110 Å². The Bertz CT molecular complexity index is 1010. The van der Waals surface area contributed by atoms with Crippen LogP contribution in [0.2, 0.25) is 10.0 Å². The summed E-state index contributed by atoms with van der Waals surface area (Å²) in [5, 5.41) is 18.6. The van der Waals surface area contributed by atoms with Gasteiger partial charge in [0, 0.05) is 47.9 Å². The van der Waals surface area contributed by atoms with E-state index in [4.69, 9.17) is 27.9 Å². The van der Waals surface area contributed by atoms with Crippen molar-refractivity contribution in [3.05, 3.63) is 56.1 Å². The second kappa shape index (κ2) is 10.4. The van der Waals surface area contributed by atoms with E-state index in [-0.39, 0.29) is 30.1 Å². The summed E-state index contributed by atoms with van der Waals surface area (Å²) in [4.78, 5) is 29.3. The van der Waals surface area contributed by atoms with Gasteiger partial charge in [0.15, 0.2) is 0 Å². The minimum Gasteiger partial charge on any atom is -0.444 e. The van der Waals surface area contributed by atoms with Crippen LogP contribution in [0.3, 0.4) is 0 Å². The standard InChI is InChI=1S/C22H27Cl2N5O4/c1-22(2,3)33-21(30)28-10-9-14(13-28)11-25-19-8-7-18(29(31)32)20(27-19)26-12-15-16(23)5-4-6-17(15)24/h4-8,14H,9-13H2,1-3H3,(H2,25,26,27). The highest BCUT2D eigenvalue weighted by atomic mass is 35.5. The third kappa shape index (κ3) is 6.85. The maximum Gasteiger partial charge on any atom is 0.410 e. The molecule has 1 fully saturated rings. The maximum atomic E-state index is 12.2. The number of benzene rings is 1. The van der Waals surface area contributed by atoms with Crippen molar-refractivity contribution in [3.63, 3.8) is 0 Å². The molecule has 0 bridgehead atoms. The van der Waals surface area contributed by atoms with Crippen LogP contribution in [0.4, 0.5) is 22.1 Å². The zero-order chi connectivity index (χ0) is 24.2. The van der Waals surface area contributed by atoms with Crippen molar-refractivity contribution >= 4 is 46.6 Å². The van der Waals surface area contributed by atoms with Crippen LogP contribution in [0.15, 0.2) is 30.3 Å². The first-order valence-electron chi connectivity index (χ1n) is 10.6. The van der Waals surface area contributed by atoms with E-state index in [9.17, 15) is 14.9 Å². The fraction of sp³-hybridized carbons (Fsp3) is 0.455. The quantitative estimate of drug-likeness (QED) is 0.381. The highest BCUT2D eigenvalue weighted by Gasteiger charge is 2.29. The van der Waals surface area contributed by atoms with E-state index in [1.54, 1.807) is 29.2 Å². The number of amides is 1. The minimum absolute atomic E-state index is 0.114. The van der Waals surface area contributed by atoms with Crippen LogP contribution in [0.5, 0.6) is 0 Å². The van der Waals surface area contributed by atoms with Crippen molar-refractivity contribution in [1.82, 2.24) is 9.88 Å². The number of likely N-dealkylation sites (tertiary alicyclic amines) is 1. The number of carbonyl (C=O) groups is 1. The van der Waals surface area contributed by atoms with Gasteiger partial charge in [-0.2, -0.15) is 0 Å². The lowest BCUT2D eigenvalue weighted by molar-refractivity contribution is -0.384. The Morgan fingerprint density at radius 2 is 1.94 bits per heavy atom. The third-order valence-electron chi connectivity index (χ3n) is 5.07. The molecule has 1 atom stereocenters. The van der Waals surface area contributed by atoms with E-state index in [1.807, 2.05) is 20.8 Å². The Morgan fingerprint density at radius 1 is 1.24 bits per heavy atom. The number of hydrogen-bond acceptors (Lipinski definition) is 7. The molecule has 0 saturated carbocycles. The molecule has 3 rings (SSSR count). The van der Waals surface area contributed by atoms with Gasteiger partial charge in [0.05, 0.1) is 4.92 Å². The lowest BCUT2D eigenvalue weighted by Gasteiger charge is -2.24. The molecular formula is C22H27Cl2N5O4. The number of nitrogens with zero attached hydrogens (tertiary/aromatic N) is 3. The Balaban J connectivity index is 1.62. The Hall–Kier alpha value is -2.78. The molecule has 0 spiro atoms. The molecule has 1 aromatic carbocycles. The summed E-state index contributed by atoms with van der Waals surface area (Å²) in [5.74, 6) is 0.819. The number of nitro groups is 1. The number of aromatic nitrogens is 1. The number of hydrogen-bond donors (Lipinski definition) is 2. The fourth-order valence-corrected chi connectivity index (χ4v) is 3.97. The molecule has 2 N–H and O–H groups in total. The normalized spacial score (nSPS) is 15.9. The summed E-state index contributed by atoms with van der Waals surface area (Å²) >= 11 is 12.4. The molecule has 9 nitrogen and oxygen atoms in total. The molecule has 1 saturated heterocycles. The second-order valence-electron chi connectivity index (χ2n) is 8.84. The maximum absolute atomic E-state index is 12.2. The number of halogens is 2. The van der Waals surface area contributed by atoms with Crippen molar-refractivity contribution in [2.45, 2.75) is 39.3 Å². The summed E-state index contributed by atoms with van der Waals surface area (Å²) in [7, 11) is 0. The van der Waals surface area contributed by atoms with E-state index in [1.165, 1.54) is 6.07 Å². The first-order valence-corrected chi connectivity index (χ1v) is 11.3. The fourth-order valence-electron chi connectivity index (χ4n) is 3.44. The Morgan fingerprint density at radius 3 is 2.58 bits per heavy atom. The Kier molecular flexibility index (Phi) is 7.86. The van der Waals surface area contributed by atoms with E-state index in [0.717, 1.165) is 6.42 Å². The number of anilines is 2. The molecule has 1 aliphatic heterocycles. The van der Waals surface area contributed by atoms with Crippen molar-refractivity contribution in [2.75, 3.05) is 30.3 Å². The zero-order valence-electron chi connectivity index (χ0n) is 18.7. The van der Waals surface area contributed by atoms with Gasteiger partial charge in [-0.15, -0.1) is 0 Å². The lowest BCUT2D eigenvalue weighted by Crippen LogP contribution is -2.35. The molecular weight excluding hydrogens is 469 g/mol. The first-order chi connectivity index (χ1) is 15.5. The van der Waals surface area contributed by atoms with Gasteiger partial charge in [0.2, 0.25) is 5.82 Å². The van der Waals surface area contributed by atoms with E-state index in [0.29, 0.717) is 41.1 Å². The molecule has 1 aromatic heterocycles. The highest BCUT2D eigenvalue weighted by Crippen LogP contribution is 2.29. The van der Waals surface area contributed by atoms with E-state index in [2.05, 4.69) is 15.6 Å². The average molecular weight is 496 g/mol. The molecule has 178 valence electrons. The van der Waals surface area contributed by atoms with Crippen molar-refractivity contribution < 1.29 is 14.5 Å². The molecule has 2 heterocycles. The number of rotatable bonds is 7. The minimum atomic E-state index is -0.534. The van der Waals surface area contributed by atoms with Crippen LogP contribution in [0.1, 0.15) is 32.8 Å². The molecule has 0 radical (unpaired) electrons. The molecule has 1 amide bonds. The van der Waals surface area contributed by atoms with Gasteiger partial charge < -0.3 is 20.3 Å². The number of pyridine rings is 1. The largest absolute Gasteiger partial charge is 0.444 e. The van der Waals surface area contributed by atoms with Gasteiger partial charge in [-0.3, -0.25) is 10.1 Å². The first kappa shape index (κ1) is 24.9. The van der Waals surface area contributed by atoms with Crippen LogP contribution in [-0.4, -0.2) is 46.1 Å². The molecule has 1 unspecified atom stereocenters. The molecule has 0 aliphatic carbocycles. The molecule has 11 heteroatoms. The van der Waals surface area contributed by atoms with Crippen molar-refractivity contribution in [2.24, 2.45) is 5.92 Å². The lowest BCUT2D eigenvalue weighted by atomic mass is 10.1. The summed E-state index contributed by atoms with van der Waals surface area (Å²) < 4.78 is 5.43.